The van der Waals surface area contributed by atoms with Crippen molar-refractivity contribution in [3.05, 3.63) is 11.8 Å². The average molecular weight is 109 g/mol. The third-order valence-electron chi connectivity index (χ3n) is 0.469. The Kier molecular flexibility index (Phi) is 1.40. The van der Waals surface area contributed by atoms with E-state index in [0.717, 1.165) is 17.4 Å². The van der Waals surface area contributed by atoms with Crippen molar-refractivity contribution in [2.24, 2.45) is 4.66 Å². The molecule has 0 saturated heterocycles. The van der Waals surface area contributed by atoms with Gasteiger partial charge in [-0.2, -0.15) is 0 Å². The molecule has 0 amide bonds. The smallest absolute Gasteiger partial charge is 0.162 e. The highest BCUT2D eigenvalue weighted by atomic mass is 28.9. The van der Waals surface area contributed by atoms with Crippen LogP contribution in [0.15, 0.2) is 16.4 Å². The molecule has 1 aliphatic heterocycles. The van der Waals surface area contributed by atoms with Gasteiger partial charge in [0.1, 0.15) is 0 Å². The van der Waals surface area contributed by atoms with E-state index in [2.05, 4.69) is 10.4 Å². The quantitative estimate of drug-likeness (QED) is 0.383. The zero-order valence-corrected chi connectivity index (χ0v) is 5.18. The monoisotopic (exact) mass is 109 g/mol. The Balaban J connectivity index is 2.77. The summed E-state index contributed by atoms with van der Waals surface area (Å²) in [5.74, 6) is 0. The van der Waals surface area contributed by atoms with E-state index in [4.69, 9.17) is 0 Å². The molecular formula is C3H3NSi2. The number of allylic oxidation sites excluding steroid dienone is 1. The van der Waals surface area contributed by atoms with E-state index < -0.39 is 0 Å². The van der Waals surface area contributed by atoms with Crippen LogP contribution in [-0.2, 0) is 0 Å². The fraction of sp³-hybridized carbons (Fsp3) is 0. The molecule has 0 aliphatic carbocycles. The zero-order chi connectivity index (χ0) is 4.24. The summed E-state index contributed by atoms with van der Waals surface area (Å²) in [6, 6.07) is 0. The Morgan fingerprint density at radius 1 is 1.50 bits per heavy atom. The van der Waals surface area contributed by atoms with Crippen molar-refractivity contribution in [2.45, 2.75) is 0 Å². The molecule has 0 saturated carbocycles. The molecular weight excluding hydrogens is 106 g/mol. The predicted molar refractivity (Wildman–Crippen MR) is 29.1 cm³/mol. The van der Waals surface area contributed by atoms with E-state index in [1.165, 1.54) is 0 Å². The highest BCUT2D eigenvalue weighted by molar-refractivity contribution is 6.76. The molecule has 0 aromatic rings. The van der Waals surface area contributed by atoms with Gasteiger partial charge in [-0.3, -0.25) is 0 Å². The maximum atomic E-state index is 4.01. The summed E-state index contributed by atoms with van der Waals surface area (Å²) >= 11 is 0. The maximum absolute atomic E-state index is 4.01. The summed E-state index contributed by atoms with van der Waals surface area (Å²) in [6.45, 7) is 0. The summed E-state index contributed by atoms with van der Waals surface area (Å²) in [4.78, 5) is 0. The fourth-order valence-corrected chi connectivity index (χ4v) is 1.70. The van der Waals surface area contributed by atoms with Crippen LogP contribution < -0.4 is 0 Å². The third kappa shape index (κ3) is 0.910. The average Bonchev–Trinajstić information content (AvgIpc) is 1.72. The van der Waals surface area contributed by atoms with Crippen LogP contribution in [0.25, 0.3) is 0 Å². The van der Waals surface area contributed by atoms with Gasteiger partial charge in [0.25, 0.3) is 0 Å². The minimum Gasteiger partial charge on any atom is -0.308 e. The summed E-state index contributed by atoms with van der Waals surface area (Å²) in [7, 11) is 1.76. The van der Waals surface area contributed by atoms with Gasteiger partial charge in [-0.1, -0.05) is 5.70 Å². The largest absolute Gasteiger partial charge is 0.308 e. The molecule has 1 rings (SSSR count). The molecule has 0 fully saturated rings. The van der Waals surface area contributed by atoms with Gasteiger partial charge in [0.15, 0.2) is 8.77 Å². The van der Waals surface area contributed by atoms with Crippen LogP contribution in [-0.4, -0.2) is 23.6 Å². The molecule has 6 heavy (non-hydrogen) atoms. The second kappa shape index (κ2) is 2.10. The van der Waals surface area contributed by atoms with Crippen LogP contribution in [0, 0.1) is 0 Å². The Labute approximate surface area is 40.8 Å². The second-order valence-corrected chi connectivity index (χ2v) is 3.53. The second-order valence-electron chi connectivity index (χ2n) is 0.893. The van der Waals surface area contributed by atoms with Crippen molar-refractivity contribution in [2.75, 3.05) is 0 Å². The molecule has 2 radical (unpaired) electrons. The van der Waals surface area contributed by atoms with Gasteiger partial charge in [-0.05, 0) is 6.08 Å². The molecule has 0 aromatic carbocycles. The fourth-order valence-electron chi connectivity index (χ4n) is 0.246. The van der Waals surface area contributed by atoms with Crippen LogP contribution >= 0.6 is 0 Å². The minimum atomic E-state index is 0.812. The summed E-state index contributed by atoms with van der Waals surface area (Å²) in [5.41, 5.74) is 2.16. The molecule has 28 valence electrons. The van der Waals surface area contributed by atoms with Crippen LogP contribution in [0.3, 0.4) is 0 Å². The van der Waals surface area contributed by atoms with Gasteiger partial charge >= 0.3 is 0 Å². The first-order valence-electron chi connectivity index (χ1n) is 1.69. The van der Waals surface area contributed by atoms with Gasteiger partial charge in [0.05, 0.1) is 8.61 Å². The third-order valence-corrected chi connectivity index (χ3v) is 2.51. The first-order valence-corrected chi connectivity index (χ1v) is 4.71. The number of hydrogen-bond donors (Lipinski definition) is 0. The minimum absolute atomic E-state index is 0.812. The lowest BCUT2D eigenvalue weighted by atomic mass is 10.7. The van der Waals surface area contributed by atoms with Crippen molar-refractivity contribution in [3.63, 3.8) is 0 Å². The molecule has 1 aliphatic rings. The zero-order valence-electron chi connectivity index (χ0n) is 3.18. The van der Waals surface area contributed by atoms with Crippen LogP contribution in [0.5, 0.6) is 0 Å². The molecule has 1 heterocycles. The van der Waals surface area contributed by atoms with Crippen molar-refractivity contribution < 1.29 is 0 Å². The molecule has 0 atom stereocenters. The maximum Gasteiger partial charge on any atom is 0.162 e. The Hall–Kier alpha value is -0.156. The summed E-state index contributed by atoms with van der Waals surface area (Å²) in [6.07, 6.45) is 3.85. The number of hydrogen-bond acceptors (Lipinski definition) is 1. The van der Waals surface area contributed by atoms with Gasteiger partial charge < -0.3 is 4.66 Å². The van der Waals surface area contributed by atoms with Crippen LogP contribution in [0.1, 0.15) is 0 Å². The van der Waals surface area contributed by atoms with Crippen molar-refractivity contribution in [3.8, 4) is 0 Å². The number of nitrogens with zero attached hydrogens (tertiary/aromatic N) is 1. The standard InChI is InChI=1S/C3H3NSi2/c1-2-4-6-5-3-1/h1-3H. The highest BCUT2D eigenvalue weighted by Gasteiger charge is 1.69. The molecule has 1 nitrogen and oxygen atoms in total. The topological polar surface area (TPSA) is 12.4 Å². The first-order chi connectivity index (χ1) is 3.00. The van der Waals surface area contributed by atoms with Crippen molar-refractivity contribution in [1.29, 1.82) is 0 Å². The van der Waals surface area contributed by atoms with Crippen LogP contribution in [0.4, 0.5) is 0 Å². The molecule has 0 N–H and O–H groups in total. The summed E-state index contributed by atoms with van der Waals surface area (Å²) in [5, 5.41) is 0. The van der Waals surface area contributed by atoms with E-state index in [-0.39, 0.29) is 0 Å². The molecule has 0 aromatic heterocycles. The van der Waals surface area contributed by atoms with E-state index in [1.807, 2.05) is 12.3 Å². The van der Waals surface area contributed by atoms with Crippen LogP contribution in [0.2, 0.25) is 0 Å². The van der Waals surface area contributed by atoms with Gasteiger partial charge in [0, 0.05) is 6.21 Å². The Morgan fingerprint density at radius 2 is 2.50 bits per heavy atom. The highest BCUT2D eigenvalue weighted by Crippen LogP contribution is 1.65. The lowest BCUT2D eigenvalue weighted by Gasteiger charge is -1.75. The molecule has 0 unspecified atom stereocenters. The lowest BCUT2D eigenvalue weighted by Crippen LogP contribution is -1.83. The Morgan fingerprint density at radius 3 is 2.67 bits per heavy atom. The van der Waals surface area contributed by atoms with E-state index >= 15 is 0 Å². The lowest BCUT2D eigenvalue weighted by molar-refractivity contribution is 1.92. The molecule has 3 heteroatoms. The van der Waals surface area contributed by atoms with E-state index in [0.29, 0.717) is 0 Å². The van der Waals surface area contributed by atoms with Gasteiger partial charge in [0.2, 0.25) is 0 Å². The van der Waals surface area contributed by atoms with Gasteiger partial charge in [-0.15, -0.1) is 0 Å². The first kappa shape index (κ1) is 4.01. The molecule has 0 spiro atoms. The Bertz CT molecular complexity index is 78.2. The van der Waals surface area contributed by atoms with E-state index in [1.54, 1.807) is 0 Å². The number of rotatable bonds is 0. The molecule has 0 bridgehead atoms. The van der Waals surface area contributed by atoms with E-state index in [9.17, 15) is 0 Å². The predicted octanol–water partition coefficient (Wildman–Crippen LogP) is -0.177. The van der Waals surface area contributed by atoms with Gasteiger partial charge in [-0.25, -0.2) is 0 Å². The van der Waals surface area contributed by atoms with Crippen molar-refractivity contribution in [1.82, 2.24) is 0 Å². The normalized spacial score (nSPS) is 16.0. The SMILES string of the molecule is C1=C[Si]=[Si]N=C1. The van der Waals surface area contributed by atoms with Crippen molar-refractivity contribution >= 4 is 23.6 Å². The summed E-state index contributed by atoms with van der Waals surface area (Å²) < 4.78 is 4.01.